The molecule has 0 aliphatic carbocycles. The topological polar surface area (TPSA) is 218 Å². The number of fused-ring (bicyclic) bond motifs is 2. The molecule has 2 aromatic heterocycles. The molecule has 4 aromatic rings. The zero-order valence-corrected chi connectivity index (χ0v) is 51.4. The average Bonchev–Trinajstić information content (AvgIpc) is 4.29. The lowest BCUT2D eigenvalue weighted by Crippen LogP contribution is -2.09. The quantitative estimate of drug-likeness (QED) is 0.0951. The van der Waals surface area contributed by atoms with E-state index < -0.39 is 11.6 Å². The van der Waals surface area contributed by atoms with Crippen molar-refractivity contribution >= 4 is 29.8 Å². The molecule has 16 heteroatoms. The van der Waals surface area contributed by atoms with Crippen LogP contribution in [-0.2, 0) is 50.9 Å². The third-order valence-electron chi connectivity index (χ3n) is 13.5. The van der Waals surface area contributed by atoms with Crippen molar-refractivity contribution < 1.29 is 65.3 Å². The molecule has 81 heavy (non-hydrogen) atoms. The third kappa shape index (κ3) is 22.1. The number of cyclic esters (lactones) is 5. The average molecular weight is 1130 g/mol. The van der Waals surface area contributed by atoms with Crippen molar-refractivity contribution in [2.75, 3.05) is 0 Å². The van der Waals surface area contributed by atoms with E-state index in [1.165, 1.54) is 0 Å². The Morgan fingerprint density at radius 2 is 0.864 bits per heavy atom. The molecule has 0 radical (unpaired) electrons. The highest BCUT2D eigenvalue weighted by molar-refractivity contribution is 5.94. The molecule has 446 valence electrons. The Balaban J connectivity index is 0.000000249. The molecule has 7 heterocycles. The minimum absolute atomic E-state index is 0.0521. The van der Waals surface area contributed by atoms with Crippen LogP contribution in [0.2, 0.25) is 0 Å². The smallest absolute Gasteiger partial charge is 0.454 e. The second kappa shape index (κ2) is 32.5. The highest BCUT2D eigenvalue weighted by atomic mass is 16.6. The van der Waals surface area contributed by atoms with Crippen LogP contribution in [0.4, 0.5) is 0 Å². The molecule has 5 aliphatic rings. The summed E-state index contributed by atoms with van der Waals surface area (Å²) in [6, 6.07) is 15.2. The van der Waals surface area contributed by atoms with E-state index in [-0.39, 0.29) is 42.1 Å². The number of aryl methyl sites for hydroxylation is 2. The first-order valence-corrected chi connectivity index (χ1v) is 28.4. The highest BCUT2D eigenvalue weighted by Crippen LogP contribution is 2.37. The van der Waals surface area contributed by atoms with Crippen molar-refractivity contribution in [2.24, 2.45) is 53.3 Å². The maximum atomic E-state index is 11.4. The Morgan fingerprint density at radius 1 is 0.457 bits per heavy atom. The molecule has 2 aromatic carbocycles. The van der Waals surface area contributed by atoms with Crippen molar-refractivity contribution in [1.82, 2.24) is 0 Å². The van der Waals surface area contributed by atoms with Crippen LogP contribution in [0.15, 0.2) is 111 Å². The zero-order valence-electron chi connectivity index (χ0n) is 51.4. The number of ether oxygens (including phenoxy) is 5. The van der Waals surface area contributed by atoms with Gasteiger partial charge >= 0.3 is 41.5 Å². The van der Waals surface area contributed by atoms with E-state index in [0.29, 0.717) is 95.6 Å². The number of benzene rings is 2. The Labute approximate surface area is 479 Å². The lowest BCUT2D eigenvalue weighted by atomic mass is 9.94. The van der Waals surface area contributed by atoms with Crippen LogP contribution in [0.25, 0.3) is 0 Å². The van der Waals surface area contributed by atoms with Crippen LogP contribution in [0.5, 0.6) is 0 Å². The number of hydrogen-bond acceptors (Lipinski definition) is 16. The Kier molecular flexibility index (Phi) is 27.4. The summed E-state index contributed by atoms with van der Waals surface area (Å²) in [5, 5.41) is 0. The summed E-state index contributed by atoms with van der Waals surface area (Å²) in [5.41, 5.74) is 4.61. The molecule has 4 atom stereocenters. The second-order valence-corrected chi connectivity index (χ2v) is 23.5. The molecule has 0 N–H and O–H groups in total. The minimum Gasteiger partial charge on any atom is -0.454 e. The van der Waals surface area contributed by atoms with Gasteiger partial charge in [-0.25, -0.2) is 19.2 Å². The van der Waals surface area contributed by atoms with Gasteiger partial charge in [-0.05, 0) is 92.1 Å². The summed E-state index contributed by atoms with van der Waals surface area (Å²) in [6.45, 7) is 38.8. The van der Waals surface area contributed by atoms with Gasteiger partial charge in [-0.1, -0.05) is 147 Å². The molecule has 16 nitrogen and oxygen atoms in total. The van der Waals surface area contributed by atoms with Gasteiger partial charge in [-0.3, -0.25) is 14.4 Å². The summed E-state index contributed by atoms with van der Waals surface area (Å²) in [5.74, 6) is 7.23. The molecule has 9 rings (SSSR count). The van der Waals surface area contributed by atoms with Crippen molar-refractivity contribution in [3.8, 4) is 0 Å². The molecule has 0 bridgehead atoms. The van der Waals surface area contributed by atoms with Crippen LogP contribution >= 0.6 is 0 Å². The van der Waals surface area contributed by atoms with Gasteiger partial charge in [0, 0.05) is 42.2 Å². The number of rotatable bonds is 12. The van der Waals surface area contributed by atoms with Gasteiger partial charge in [0.1, 0.15) is 52.5 Å². The van der Waals surface area contributed by atoms with Crippen LogP contribution < -0.4 is 11.6 Å². The summed E-state index contributed by atoms with van der Waals surface area (Å²) >= 11 is 0. The lowest BCUT2D eigenvalue weighted by Gasteiger charge is -2.16. The molecule has 0 spiro atoms. The molecule has 4 unspecified atom stereocenters. The number of carbonyl (C=O) groups excluding carboxylic acids is 5. The van der Waals surface area contributed by atoms with E-state index in [9.17, 15) is 33.6 Å². The van der Waals surface area contributed by atoms with Crippen LogP contribution in [0.1, 0.15) is 210 Å². The van der Waals surface area contributed by atoms with E-state index in [4.69, 9.17) is 41.4 Å². The Hall–Kier alpha value is -6.97. The van der Waals surface area contributed by atoms with Gasteiger partial charge in [-0.2, -0.15) is 0 Å². The highest BCUT2D eigenvalue weighted by Gasteiger charge is 2.33. The van der Waals surface area contributed by atoms with E-state index in [0.717, 1.165) is 64.4 Å². The van der Waals surface area contributed by atoms with Gasteiger partial charge < -0.3 is 41.4 Å². The van der Waals surface area contributed by atoms with E-state index in [1.807, 2.05) is 67.6 Å². The maximum absolute atomic E-state index is 11.4. The summed E-state index contributed by atoms with van der Waals surface area (Å²) < 4.78 is 44.5. The fourth-order valence-electron chi connectivity index (χ4n) is 8.49. The predicted molar refractivity (Wildman–Crippen MR) is 308 cm³/mol. The number of esters is 5. The van der Waals surface area contributed by atoms with Gasteiger partial charge in [0.05, 0.1) is 30.4 Å². The normalized spacial score (nSPS) is 17.3. The molecule has 0 amide bonds. The van der Waals surface area contributed by atoms with E-state index in [2.05, 4.69) is 111 Å². The molecule has 0 fully saturated rings. The van der Waals surface area contributed by atoms with Crippen molar-refractivity contribution in [2.45, 2.75) is 182 Å². The summed E-state index contributed by atoms with van der Waals surface area (Å²) in [7, 11) is 0. The Bertz CT molecular complexity index is 2790. The second-order valence-electron chi connectivity index (χ2n) is 23.5. The van der Waals surface area contributed by atoms with Crippen LogP contribution in [-0.4, -0.2) is 29.8 Å². The predicted octanol–water partition coefficient (Wildman–Crippen LogP) is 15.1. The number of hydrogen-bond donors (Lipinski definition) is 0. The number of carbonyl (C=O) groups is 5. The molecule has 0 saturated carbocycles. The van der Waals surface area contributed by atoms with Crippen molar-refractivity contribution in [1.29, 1.82) is 0 Å². The van der Waals surface area contributed by atoms with Gasteiger partial charge in [0.2, 0.25) is 0 Å². The first kappa shape index (κ1) is 68.3. The van der Waals surface area contributed by atoms with Crippen molar-refractivity contribution in [3.63, 3.8) is 0 Å². The summed E-state index contributed by atoms with van der Waals surface area (Å²) in [4.78, 5) is 76.0. The molecular formula is C65H90O16. The molecule has 0 saturated heterocycles. The number of allylic oxidation sites excluding steroid dienone is 3. The zero-order chi connectivity index (χ0) is 61.0. The van der Waals surface area contributed by atoms with Crippen LogP contribution in [0, 0.1) is 67.1 Å². The van der Waals surface area contributed by atoms with Crippen LogP contribution in [0.3, 0.4) is 0 Å². The van der Waals surface area contributed by atoms with E-state index in [1.54, 1.807) is 13.8 Å². The minimum atomic E-state index is -0.599. The first-order chi connectivity index (χ1) is 37.9. The third-order valence-corrected chi connectivity index (χ3v) is 13.5. The van der Waals surface area contributed by atoms with Crippen molar-refractivity contribution in [3.05, 3.63) is 150 Å². The SMILES string of the molecule is CC(C)C(C)C1=CCC(=O)O1.CC(C)C1OC(=O)c2ccccc21.CC(C)C1OC(=O)c2ccccc21.CC(C)CC1=CCC(=O)O1.CC1=C(C(C)C(C)C)OC(=O)C1.Cc1oc(=O)oc1CC(C)C.Cc1oc(=O)oc1CC(C)C. The maximum Gasteiger partial charge on any atom is 0.519 e. The summed E-state index contributed by atoms with van der Waals surface area (Å²) in [6.07, 6.45) is 7.43. The molecule has 5 aliphatic heterocycles. The van der Waals surface area contributed by atoms with Gasteiger partial charge in [-0.15, -0.1) is 0 Å². The van der Waals surface area contributed by atoms with Gasteiger partial charge in [0.15, 0.2) is 0 Å². The first-order valence-electron chi connectivity index (χ1n) is 28.4. The molecular weight excluding hydrogens is 1040 g/mol. The van der Waals surface area contributed by atoms with E-state index >= 15 is 0 Å². The lowest BCUT2D eigenvalue weighted by molar-refractivity contribution is -0.138. The fraction of sp³-hybridized carbons (Fsp3) is 0.554. The largest absolute Gasteiger partial charge is 0.519 e. The fourth-order valence-corrected chi connectivity index (χ4v) is 8.49. The standard InChI is InChI=1S/2C11H12O2.C10H16O2.C9H14O2.2C8H12O3.C8H12O2/c2*1-7(2)10-8-5-3-4-6-9(8)11(12)13-10;1-6(2)8(4)10-7(3)5-9(11)12-10;1-6(2)7(3)8-4-5-9(10)11-8;2*1-5(2)4-7-6(3)10-8(9)11-7;1-6(2)5-7-3-4-8(9)10-7/h2*3-7,10H,1-2H3;6,8H,5H2,1-4H3;4,6-7H,5H2,1-3H3;2*5H,4H2,1-3H3;3,6H,4-5H2,1-2H3. The van der Waals surface area contributed by atoms with Gasteiger partial charge in [0.25, 0.3) is 0 Å². The Morgan fingerprint density at radius 3 is 1.17 bits per heavy atom. The monoisotopic (exact) mass is 1130 g/mol.